The smallest absolute Gasteiger partial charge is 0.164 e. The average Bonchev–Trinajstić information content (AvgIpc) is 2.68. The van der Waals surface area contributed by atoms with Crippen molar-refractivity contribution in [1.82, 2.24) is 4.90 Å². The van der Waals surface area contributed by atoms with Crippen molar-refractivity contribution in [1.29, 1.82) is 5.26 Å². The summed E-state index contributed by atoms with van der Waals surface area (Å²) >= 11 is 0. The Morgan fingerprint density at radius 3 is 2.17 bits per heavy atom. The third kappa shape index (κ3) is 3.55. The van der Waals surface area contributed by atoms with E-state index < -0.39 is 0 Å². The lowest BCUT2D eigenvalue weighted by atomic mass is 9.74. The zero-order valence-electron chi connectivity index (χ0n) is 13.8. The van der Waals surface area contributed by atoms with E-state index in [1.165, 1.54) is 0 Å². The molecule has 3 heteroatoms. The minimum Gasteiger partial charge on any atom is -0.303 e. The number of carbonyl (C=O) groups is 1. The van der Waals surface area contributed by atoms with E-state index in [0.717, 1.165) is 43.6 Å². The molecule has 1 aliphatic heterocycles. The quantitative estimate of drug-likeness (QED) is 0.787. The molecule has 3 nitrogen and oxygen atoms in total. The fraction of sp³-hybridized carbons (Fsp3) is 0.333. The number of nitriles is 1. The molecule has 0 aliphatic carbocycles. The second-order valence-corrected chi connectivity index (χ2v) is 6.44. The van der Waals surface area contributed by atoms with Crippen LogP contribution in [0.25, 0.3) is 0 Å². The van der Waals surface area contributed by atoms with Crippen LogP contribution in [0.4, 0.5) is 0 Å². The van der Waals surface area contributed by atoms with Crippen molar-refractivity contribution in [3.8, 4) is 6.07 Å². The van der Waals surface area contributed by atoms with Gasteiger partial charge in [0.25, 0.3) is 0 Å². The first kappa shape index (κ1) is 16.4. The molecule has 0 unspecified atom stereocenters. The van der Waals surface area contributed by atoms with E-state index in [-0.39, 0.29) is 11.2 Å². The van der Waals surface area contributed by atoms with Crippen LogP contribution in [0.2, 0.25) is 0 Å². The fourth-order valence-corrected chi connectivity index (χ4v) is 3.41. The maximum absolute atomic E-state index is 12.2. The summed E-state index contributed by atoms with van der Waals surface area (Å²) in [6.45, 7) is 2.50. The Labute approximate surface area is 143 Å². The molecule has 0 atom stereocenters. The number of hydrogen-bond donors (Lipinski definition) is 0. The van der Waals surface area contributed by atoms with Crippen molar-refractivity contribution in [2.24, 2.45) is 0 Å². The lowest BCUT2D eigenvalue weighted by molar-refractivity contribution is 0.0951. The monoisotopic (exact) mass is 318 g/mol. The minimum atomic E-state index is -0.374. The van der Waals surface area contributed by atoms with Crippen molar-refractivity contribution in [2.75, 3.05) is 19.6 Å². The molecule has 1 aliphatic rings. The van der Waals surface area contributed by atoms with Gasteiger partial charge < -0.3 is 4.90 Å². The van der Waals surface area contributed by atoms with E-state index in [4.69, 9.17) is 0 Å². The number of nitrogens with zero attached hydrogens (tertiary/aromatic N) is 2. The largest absolute Gasteiger partial charge is 0.303 e. The molecule has 2 aromatic rings. The van der Waals surface area contributed by atoms with Crippen LogP contribution in [0.1, 0.15) is 35.2 Å². The molecule has 2 aromatic carbocycles. The number of likely N-dealkylation sites (tertiary alicyclic amines) is 1. The highest BCUT2D eigenvalue weighted by atomic mass is 16.1. The molecular weight excluding hydrogens is 296 g/mol. The van der Waals surface area contributed by atoms with Gasteiger partial charge in [0.15, 0.2) is 5.78 Å². The summed E-state index contributed by atoms with van der Waals surface area (Å²) in [5, 5.41) is 9.73. The Morgan fingerprint density at radius 2 is 1.58 bits per heavy atom. The van der Waals surface area contributed by atoms with Gasteiger partial charge >= 0.3 is 0 Å². The zero-order valence-corrected chi connectivity index (χ0v) is 13.8. The van der Waals surface area contributed by atoms with Gasteiger partial charge in [-0.2, -0.15) is 5.26 Å². The van der Waals surface area contributed by atoms with Gasteiger partial charge in [0.1, 0.15) is 0 Å². The highest BCUT2D eigenvalue weighted by Crippen LogP contribution is 2.34. The van der Waals surface area contributed by atoms with E-state index in [0.29, 0.717) is 6.42 Å². The van der Waals surface area contributed by atoms with Crippen molar-refractivity contribution in [2.45, 2.75) is 24.7 Å². The van der Waals surface area contributed by atoms with Gasteiger partial charge in [-0.25, -0.2) is 0 Å². The van der Waals surface area contributed by atoms with E-state index in [1.54, 1.807) is 0 Å². The van der Waals surface area contributed by atoms with Crippen LogP contribution < -0.4 is 0 Å². The van der Waals surface area contributed by atoms with Crippen LogP contribution in [-0.4, -0.2) is 30.3 Å². The molecule has 0 amide bonds. The number of carbonyl (C=O) groups excluding carboxylic acids is 1. The van der Waals surface area contributed by atoms with E-state index in [9.17, 15) is 10.1 Å². The zero-order chi connectivity index (χ0) is 16.8. The highest BCUT2D eigenvalue weighted by Gasteiger charge is 2.36. The van der Waals surface area contributed by atoms with E-state index in [2.05, 4.69) is 23.1 Å². The molecule has 0 N–H and O–H groups in total. The van der Waals surface area contributed by atoms with Crippen LogP contribution >= 0.6 is 0 Å². The van der Waals surface area contributed by atoms with Gasteiger partial charge in [-0.05, 0) is 31.5 Å². The Kier molecular flexibility index (Phi) is 5.08. The highest BCUT2D eigenvalue weighted by molar-refractivity contribution is 5.96. The number of rotatable bonds is 5. The summed E-state index contributed by atoms with van der Waals surface area (Å²) in [6, 6.07) is 22.1. The maximum Gasteiger partial charge on any atom is 0.164 e. The number of piperidine rings is 1. The second kappa shape index (κ2) is 7.42. The minimum absolute atomic E-state index is 0.191. The van der Waals surface area contributed by atoms with E-state index in [1.807, 2.05) is 48.5 Å². The molecule has 0 saturated carbocycles. The van der Waals surface area contributed by atoms with Crippen LogP contribution in [0.3, 0.4) is 0 Å². The Balaban J connectivity index is 1.56. The molecule has 0 aromatic heterocycles. The van der Waals surface area contributed by atoms with Gasteiger partial charge in [-0.3, -0.25) is 4.79 Å². The topological polar surface area (TPSA) is 44.1 Å². The number of Topliss-reactive ketones (excluding diaryl/α,β-unsaturated/α-hetero) is 1. The predicted octanol–water partition coefficient (Wildman–Crippen LogP) is 3.82. The number of ketones is 1. The molecule has 0 spiro atoms. The Hall–Kier alpha value is -2.44. The first-order valence-electron chi connectivity index (χ1n) is 8.51. The maximum atomic E-state index is 12.2. The summed E-state index contributed by atoms with van der Waals surface area (Å²) < 4.78 is 0. The van der Waals surface area contributed by atoms with Crippen LogP contribution in [0, 0.1) is 11.3 Å². The lowest BCUT2D eigenvalue weighted by Gasteiger charge is -2.37. The standard InChI is InChI=1S/C21H22N2O/c22-17-21(19-9-5-2-6-10-19)12-15-23(16-13-21)14-11-20(24)18-7-3-1-4-8-18/h1-10H,11-16H2. The van der Waals surface area contributed by atoms with Crippen molar-refractivity contribution < 1.29 is 4.79 Å². The summed E-state index contributed by atoms with van der Waals surface area (Å²) in [4.78, 5) is 14.5. The SMILES string of the molecule is N#CC1(c2ccccc2)CCN(CCC(=O)c2ccccc2)CC1. The van der Waals surface area contributed by atoms with Crippen LogP contribution in [0.15, 0.2) is 60.7 Å². The molecule has 1 heterocycles. The molecule has 122 valence electrons. The molecule has 3 rings (SSSR count). The van der Waals surface area contributed by atoms with Gasteiger partial charge in [-0.1, -0.05) is 60.7 Å². The second-order valence-electron chi connectivity index (χ2n) is 6.44. The first-order valence-corrected chi connectivity index (χ1v) is 8.51. The number of benzene rings is 2. The summed E-state index contributed by atoms with van der Waals surface area (Å²) in [5.41, 5.74) is 1.53. The lowest BCUT2D eigenvalue weighted by Crippen LogP contribution is -2.42. The van der Waals surface area contributed by atoms with Gasteiger partial charge in [-0.15, -0.1) is 0 Å². The molecule has 0 radical (unpaired) electrons. The molecule has 24 heavy (non-hydrogen) atoms. The summed E-state index contributed by atoms with van der Waals surface area (Å²) in [7, 11) is 0. The predicted molar refractivity (Wildman–Crippen MR) is 94.8 cm³/mol. The third-order valence-corrected chi connectivity index (χ3v) is 5.00. The van der Waals surface area contributed by atoms with Gasteiger partial charge in [0, 0.05) is 18.5 Å². The molecule has 1 saturated heterocycles. The molecule has 1 fully saturated rings. The fourth-order valence-electron chi connectivity index (χ4n) is 3.41. The van der Waals surface area contributed by atoms with Crippen LogP contribution in [-0.2, 0) is 5.41 Å². The third-order valence-electron chi connectivity index (χ3n) is 5.00. The summed E-state index contributed by atoms with van der Waals surface area (Å²) in [6.07, 6.45) is 2.19. The number of hydrogen-bond acceptors (Lipinski definition) is 3. The Bertz CT molecular complexity index is 711. The summed E-state index contributed by atoms with van der Waals surface area (Å²) in [5.74, 6) is 0.191. The Morgan fingerprint density at radius 1 is 1.00 bits per heavy atom. The van der Waals surface area contributed by atoms with Gasteiger partial charge in [0.05, 0.1) is 11.5 Å². The van der Waals surface area contributed by atoms with Crippen LogP contribution in [0.5, 0.6) is 0 Å². The van der Waals surface area contributed by atoms with E-state index >= 15 is 0 Å². The van der Waals surface area contributed by atoms with Crippen molar-refractivity contribution in [3.05, 3.63) is 71.8 Å². The normalized spacial score (nSPS) is 17.1. The van der Waals surface area contributed by atoms with Crippen molar-refractivity contribution >= 4 is 5.78 Å². The van der Waals surface area contributed by atoms with Gasteiger partial charge in [0.2, 0.25) is 0 Å². The average molecular weight is 318 g/mol. The molecular formula is C21H22N2O. The van der Waals surface area contributed by atoms with Crippen molar-refractivity contribution in [3.63, 3.8) is 0 Å². The molecule has 0 bridgehead atoms. The first-order chi connectivity index (χ1) is 11.7.